The van der Waals surface area contributed by atoms with Crippen molar-refractivity contribution in [3.05, 3.63) is 48.0 Å². The lowest BCUT2D eigenvalue weighted by Gasteiger charge is -2.19. The van der Waals surface area contributed by atoms with E-state index in [2.05, 4.69) is 17.5 Å². The Morgan fingerprint density at radius 1 is 1.05 bits per heavy atom. The molecule has 1 heterocycles. The predicted molar refractivity (Wildman–Crippen MR) is 77.8 cm³/mol. The number of nitriles is 1. The Bertz CT molecular complexity index is 617. The maximum Gasteiger partial charge on any atom is 0.142 e. The lowest BCUT2D eigenvalue weighted by Crippen LogP contribution is -2.17. The van der Waals surface area contributed by atoms with Gasteiger partial charge in [-0.1, -0.05) is 18.2 Å². The van der Waals surface area contributed by atoms with Gasteiger partial charge in [0.2, 0.25) is 0 Å². The molecule has 1 aliphatic rings. The Morgan fingerprint density at radius 3 is 2.53 bits per heavy atom. The van der Waals surface area contributed by atoms with Gasteiger partial charge in [-0.05, 0) is 35.4 Å². The molecule has 0 fully saturated rings. The second-order valence-corrected chi connectivity index (χ2v) is 4.18. The van der Waals surface area contributed by atoms with Crippen molar-refractivity contribution in [1.82, 2.24) is 0 Å². The van der Waals surface area contributed by atoms with Crippen LogP contribution in [-0.4, -0.2) is 13.2 Å². The number of hydrogen-bond acceptors (Lipinski definition) is 3. The topological polar surface area (TPSA) is 45.0 Å². The number of anilines is 1. The zero-order valence-corrected chi connectivity index (χ0v) is 11.0. The van der Waals surface area contributed by atoms with Crippen LogP contribution < -0.4 is 10.1 Å². The monoisotopic (exact) mass is 272 g/mol. The van der Waals surface area contributed by atoms with E-state index in [1.54, 1.807) is 0 Å². The molecule has 96 valence electrons. The third kappa shape index (κ3) is 2.64. The molecule has 1 N–H and O–H groups in total. The lowest BCUT2D eigenvalue weighted by atomic mass is 10.0. The Balaban J connectivity index is 0.00000133. The Kier molecular flexibility index (Phi) is 3.94. The summed E-state index contributed by atoms with van der Waals surface area (Å²) in [6.07, 6.45) is 0. The predicted octanol–water partition coefficient (Wildman–Crippen LogP) is 3.45. The van der Waals surface area contributed by atoms with Gasteiger partial charge in [0.15, 0.2) is 0 Å². The fourth-order valence-electron chi connectivity index (χ4n) is 2.06. The van der Waals surface area contributed by atoms with E-state index in [1.807, 2.05) is 36.4 Å². The number of rotatable bonds is 1. The molecule has 0 saturated carbocycles. The van der Waals surface area contributed by atoms with Gasteiger partial charge >= 0.3 is 0 Å². The summed E-state index contributed by atoms with van der Waals surface area (Å²) in [4.78, 5) is 0. The SMILES string of the molecule is Cl.N#Cc1ccc(-c2ccc3c(c2)NCCO3)cc1. The van der Waals surface area contributed by atoms with E-state index in [-0.39, 0.29) is 12.4 Å². The van der Waals surface area contributed by atoms with Crippen LogP contribution in [0.3, 0.4) is 0 Å². The molecule has 0 aromatic heterocycles. The summed E-state index contributed by atoms with van der Waals surface area (Å²) in [7, 11) is 0. The van der Waals surface area contributed by atoms with Gasteiger partial charge in [-0.15, -0.1) is 12.4 Å². The average molecular weight is 273 g/mol. The Morgan fingerprint density at radius 2 is 1.79 bits per heavy atom. The molecular formula is C15H13ClN2O. The van der Waals surface area contributed by atoms with Crippen LogP contribution in [-0.2, 0) is 0 Å². The van der Waals surface area contributed by atoms with Crippen LogP contribution in [0.5, 0.6) is 5.75 Å². The Labute approximate surface area is 118 Å². The fourth-order valence-corrected chi connectivity index (χ4v) is 2.06. The van der Waals surface area contributed by atoms with Gasteiger partial charge in [0.05, 0.1) is 17.3 Å². The summed E-state index contributed by atoms with van der Waals surface area (Å²) in [5.74, 6) is 0.902. The fraction of sp³-hybridized carbons (Fsp3) is 0.133. The molecule has 19 heavy (non-hydrogen) atoms. The molecule has 2 aromatic carbocycles. The van der Waals surface area contributed by atoms with Crippen molar-refractivity contribution in [3.8, 4) is 22.9 Å². The largest absolute Gasteiger partial charge is 0.490 e. The highest BCUT2D eigenvalue weighted by Crippen LogP contribution is 2.32. The minimum atomic E-state index is 0. The summed E-state index contributed by atoms with van der Waals surface area (Å²) in [6.45, 7) is 1.55. The lowest BCUT2D eigenvalue weighted by molar-refractivity contribution is 0.323. The van der Waals surface area contributed by atoms with Gasteiger partial charge in [-0.3, -0.25) is 0 Å². The maximum atomic E-state index is 8.78. The molecule has 0 spiro atoms. The molecule has 0 saturated heterocycles. The number of benzene rings is 2. The van der Waals surface area contributed by atoms with Gasteiger partial charge in [-0.25, -0.2) is 0 Å². The Hall–Kier alpha value is -2.18. The molecule has 3 rings (SSSR count). The van der Waals surface area contributed by atoms with E-state index in [4.69, 9.17) is 10.00 Å². The number of hydrogen-bond donors (Lipinski definition) is 1. The highest BCUT2D eigenvalue weighted by molar-refractivity contribution is 5.85. The first kappa shape index (κ1) is 13.3. The van der Waals surface area contributed by atoms with E-state index < -0.39 is 0 Å². The van der Waals surface area contributed by atoms with Gasteiger partial charge in [0.25, 0.3) is 0 Å². The number of ether oxygens (including phenoxy) is 1. The first-order valence-electron chi connectivity index (χ1n) is 5.88. The minimum Gasteiger partial charge on any atom is -0.490 e. The van der Waals surface area contributed by atoms with Gasteiger partial charge < -0.3 is 10.1 Å². The highest BCUT2D eigenvalue weighted by atomic mass is 35.5. The summed E-state index contributed by atoms with van der Waals surface area (Å²) < 4.78 is 5.55. The van der Waals surface area contributed by atoms with Crippen molar-refractivity contribution < 1.29 is 4.74 Å². The van der Waals surface area contributed by atoms with Crippen LogP contribution in [0.15, 0.2) is 42.5 Å². The van der Waals surface area contributed by atoms with Gasteiger partial charge in [-0.2, -0.15) is 5.26 Å². The molecule has 4 heteroatoms. The smallest absolute Gasteiger partial charge is 0.142 e. The molecule has 0 radical (unpaired) electrons. The van der Waals surface area contributed by atoms with Crippen molar-refractivity contribution in [2.45, 2.75) is 0 Å². The highest BCUT2D eigenvalue weighted by Gasteiger charge is 2.10. The number of nitrogens with zero attached hydrogens (tertiary/aromatic N) is 1. The van der Waals surface area contributed by atoms with Crippen LogP contribution in [0.25, 0.3) is 11.1 Å². The quantitative estimate of drug-likeness (QED) is 0.865. The molecule has 0 unspecified atom stereocenters. The van der Waals surface area contributed by atoms with E-state index >= 15 is 0 Å². The standard InChI is InChI=1S/C15H12N2O.ClH/c16-10-11-1-3-12(4-2-11)13-5-6-15-14(9-13)17-7-8-18-15;/h1-6,9,17H,7-8H2;1H. The van der Waals surface area contributed by atoms with Crippen molar-refractivity contribution in [2.24, 2.45) is 0 Å². The molecule has 0 atom stereocenters. The minimum absolute atomic E-state index is 0. The van der Waals surface area contributed by atoms with Crippen molar-refractivity contribution in [3.63, 3.8) is 0 Å². The van der Waals surface area contributed by atoms with Crippen molar-refractivity contribution in [1.29, 1.82) is 5.26 Å². The van der Waals surface area contributed by atoms with Crippen molar-refractivity contribution in [2.75, 3.05) is 18.5 Å². The van der Waals surface area contributed by atoms with Crippen LogP contribution in [0, 0.1) is 11.3 Å². The van der Waals surface area contributed by atoms with E-state index in [9.17, 15) is 0 Å². The average Bonchev–Trinajstić information content (AvgIpc) is 2.47. The number of nitrogens with one attached hydrogen (secondary N) is 1. The van der Waals surface area contributed by atoms with E-state index in [1.165, 1.54) is 0 Å². The first-order valence-corrected chi connectivity index (χ1v) is 5.88. The second-order valence-electron chi connectivity index (χ2n) is 4.18. The number of fused-ring (bicyclic) bond motifs is 1. The van der Waals surface area contributed by atoms with Gasteiger partial charge in [0.1, 0.15) is 12.4 Å². The van der Waals surface area contributed by atoms with Crippen LogP contribution in [0.1, 0.15) is 5.56 Å². The second kappa shape index (κ2) is 5.64. The molecular weight excluding hydrogens is 260 g/mol. The molecule has 0 aliphatic carbocycles. The third-order valence-electron chi connectivity index (χ3n) is 3.00. The van der Waals surface area contributed by atoms with E-state index in [0.717, 1.165) is 29.1 Å². The third-order valence-corrected chi connectivity index (χ3v) is 3.00. The van der Waals surface area contributed by atoms with Crippen LogP contribution in [0.4, 0.5) is 5.69 Å². The summed E-state index contributed by atoms with van der Waals surface area (Å²) in [5, 5.41) is 12.1. The normalized spacial score (nSPS) is 12.2. The molecule has 0 amide bonds. The zero-order chi connectivity index (χ0) is 12.4. The van der Waals surface area contributed by atoms with Crippen molar-refractivity contribution >= 4 is 18.1 Å². The molecule has 2 aromatic rings. The summed E-state index contributed by atoms with van der Waals surface area (Å²) in [5.41, 5.74) is 3.93. The molecule has 3 nitrogen and oxygen atoms in total. The summed E-state index contributed by atoms with van der Waals surface area (Å²) in [6, 6.07) is 15.8. The first-order chi connectivity index (χ1) is 8.86. The number of halogens is 1. The van der Waals surface area contributed by atoms with Crippen LogP contribution in [0.2, 0.25) is 0 Å². The molecule has 1 aliphatic heterocycles. The van der Waals surface area contributed by atoms with Gasteiger partial charge in [0, 0.05) is 6.54 Å². The van der Waals surface area contributed by atoms with Crippen LogP contribution >= 0.6 is 12.4 Å². The molecule has 0 bridgehead atoms. The zero-order valence-electron chi connectivity index (χ0n) is 10.2. The van der Waals surface area contributed by atoms with E-state index in [0.29, 0.717) is 12.2 Å². The summed E-state index contributed by atoms with van der Waals surface area (Å²) >= 11 is 0. The maximum absolute atomic E-state index is 8.78.